The normalized spacial score (nSPS) is 11.2. The van der Waals surface area contributed by atoms with Gasteiger partial charge in [-0.3, -0.25) is 4.72 Å². The van der Waals surface area contributed by atoms with E-state index in [4.69, 9.17) is 5.73 Å². The summed E-state index contributed by atoms with van der Waals surface area (Å²) in [4.78, 5) is -0.396. The standard InChI is InChI=1S/C12H11FN2O2S/c13-11-6-1-2-7-12(11)18(16,17)15-10-5-3-4-9(14)8-10/h1-8,15H,14H2. The van der Waals surface area contributed by atoms with Crippen LogP contribution in [-0.4, -0.2) is 8.42 Å². The van der Waals surface area contributed by atoms with Crippen molar-refractivity contribution in [1.29, 1.82) is 0 Å². The Hall–Kier alpha value is -2.08. The summed E-state index contributed by atoms with van der Waals surface area (Å²) in [5.41, 5.74) is 6.25. The first-order valence-corrected chi connectivity index (χ1v) is 6.60. The van der Waals surface area contributed by atoms with Crippen LogP contribution in [0.1, 0.15) is 0 Å². The summed E-state index contributed by atoms with van der Waals surface area (Å²) in [7, 11) is -3.94. The number of nitrogens with one attached hydrogen (secondary N) is 1. The lowest BCUT2D eigenvalue weighted by molar-refractivity contribution is 0.570. The average molecular weight is 266 g/mol. The highest BCUT2D eigenvalue weighted by Crippen LogP contribution is 2.19. The number of nitrogens with two attached hydrogens (primary N) is 1. The molecule has 0 aliphatic carbocycles. The minimum atomic E-state index is -3.94. The van der Waals surface area contributed by atoms with E-state index in [1.807, 2.05) is 0 Å². The number of benzene rings is 2. The van der Waals surface area contributed by atoms with Gasteiger partial charge in [-0.05, 0) is 30.3 Å². The fraction of sp³-hybridized carbons (Fsp3) is 0. The number of hydrogen-bond donors (Lipinski definition) is 2. The van der Waals surface area contributed by atoms with Crippen LogP contribution in [0.5, 0.6) is 0 Å². The highest BCUT2D eigenvalue weighted by atomic mass is 32.2. The van der Waals surface area contributed by atoms with Gasteiger partial charge in [-0.2, -0.15) is 0 Å². The summed E-state index contributed by atoms with van der Waals surface area (Å²) < 4.78 is 39.6. The molecule has 94 valence electrons. The summed E-state index contributed by atoms with van der Waals surface area (Å²) >= 11 is 0. The molecular formula is C12H11FN2O2S. The van der Waals surface area contributed by atoms with Crippen molar-refractivity contribution in [3.63, 3.8) is 0 Å². The summed E-state index contributed by atoms with van der Waals surface area (Å²) in [6, 6.07) is 11.4. The molecule has 0 bridgehead atoms. The lowest BCUT2D eigenvalue weighted by atomic mass is 10.3. The predicted molar refractivity (Wildman–Crippen MR) is 68.1 cm³/mol. The molecule has 0 unspecified atom stereocenters. The number of rotatable bonds is 3. The third-order valence-electron chi connectivity index (χ3n) is 2.27. The Labute approximate surface area is 104 Å². The fourth-order valence-electron chi connectivity index (χ4n) is 1.47. The smallest absolute Gasteiger partial charge is 0.264 e. The van der Waals surface area contributed by atoms with Gasteiger partial charge in [-0.25, -0.2) is 12.8 Å². The Bertz CT molecular complexity index is 671. The van der Waals surface area contributed by atoms with Gasteiger partial charge in [0.15, 0.2) is 0 Å². The number of halogens is 1. The second-order valence-electron chi connectivity index (χ2n) is 3.66. The Balaban J connectivity index is 2.37. The summed E-state index contributed by atoms with van der Waals surface area (Å²) in [6.07, 6.45) is 0. The van der Waals surface area contributed by atoms with Crippen molar-refractivity contribution in [3.05, 3.63) is 54.3 Å². The molecule has 2 rings (SSSR count). The molecule has 2 aromatic rings. The number of sulfonamides is 1. The van der Waals surface area contributed by atoms with Crippen molar-refractivity contribution >= 4 is 21.4 Å². The first kappa shape index (κ1) is 12.4. The van der Waals surface area contributed by atoms with E-state index in [1.54, 1.807) is 12.1 Å². The molecule has 4 nitrogen and oxygen atoms in total. The van der Waals surface area contributed by atoms with Crippen LogP contribution < -0.4 is 10.5 Å². The molecule has 0 saturated heterocycles. The van der Waals surface area contributed by atoms with E-state index in [9.17, 15) is 12.8 Å². The Morgan fingerprint density at radius 1 is 1.06 bits per heavy atom. The van der Waals surface area contributed by atoms with Crippen LogP contribution >= 0.6 is 0 Å². The Kier molecular flexibility index (Phi) is 3.20. The maximum atomic E-state index is 13.4. The molecule has 3 N–H and O–H groups in total. The quantitative estimate of drug-likeness (QED) is 0.837. The molecule has 0 radical (unpaired) electrons. The zero-order chi connectivity index (χ0) is 13.2. The van der Waals surface area contributed by atoms with Crippen LogP contribution in [0.4, 0.5) is 15.8 Å². The molecule has 0 aliphatic rings. The number of hydrogen-bond acceptors (Lipinski definition) is 3. The maximum absolute atomic E-state index is 13.4. The van der Waals surface area contributed by atoms with Crippen LogP contribution in [0.15, 0.2) is 53.4 Å². The van der Waals surface area contributed by atoms with Crippen LogP contribution in [0, 0.1) is 5.82 Å². The van der Waals surface area contributed by atoms with Crippen LogP contribution in [0.3, 0.4) is 0 Å². The zero-order valence-corrected chi connectivity index (χ0v) is 10.1. The van der Waals surface area contributed by atoms with Crippen LogP contribution in [0.2, 0.25) is 0 Å². The van der Waals surface area contributed by atoms with E-state index in [0.29, 0.717) is 11.4 Å². The minimum absolute atomic E-state index is 0.290. The molecule has 2 aromatic carbocycles. The first-order chi connectivity index (χ1) is 8.49. The molecule has 0 saturated carbocycles. The molecule has 0 heterocycles. The van der Waals surface area contributed by atoms with E-state index in [-0.39, 0.29) is 0 Å². The average Bonchev–Trinajstić information content (AvgIpc) is 2.28. The largest absolute Gasteiger partial charge is 0.399 e. The molecule has 0 aromatic heterocycles. The third kappa shape index (κ3) is 2.60. The van der Waals surface area contributed by atoms with E-state index in [1.165, 1.54) is 30.3 Å². The van der Waals surface area contributed by atoms with Crippen molar-refractivity contribution in [1.82, 2.24) is 0 Å². The van der Waals surface area contributed by atoms with Gasteiger partial charge in [0, 0.05) is 5.69 Å². The van der Waals surface area contributed by atoms with E-state index in [2.05, 4.69) is 4.72 Å². The monoisotopic (exact) mass is 266 g/mol. The van der Waals surface area contributed by atoms with E-state index >= 15 is 0 Å². The molecule has 0 aliphatic heterocycles. The van der Waals surface area contributed by atoms with Crippen molar-refractivity contribution < 1.29 is 12.8 Å². The first-order valence-electron chi connectivity index (χ1n) is 5.12. The number of nitrogen functional groups attached to an aromatic ring is 1. The summed E-state index contributed by atoms with van der Waals surface area (Å²) in [5, 5.41) is 0. The molecule has 0 atom stereocenters. The second-order valence-corrected chi connectivity index (χ2v) is 5.31. The van der Waals surface area contributed by atoms with E-state index < -0.39 is 20.7 Å². The fourth-order valence-corrected chi connectivity index (χ4v) is 2.60. The molecule has 0 amide bonds. The predicted octanol–water partition coefficient (Wildman–Crippen LogP) is 2.21. The van der Waals surface area contributed by atoms with Gasteiger partial charge >= 0.3 is 0 Å². The summed E-state index contributed by atoms with van der Waals surface area (Å²) in [6.45, 7) is 0. The molecule has 18 heavy (non-hydrogen) atoms. The van der Waals surface area contributed by atoms with Gasteiger partial charge in [-0.1, -0.05) is 18.2 Å². The van der Waals surface area contributed by atoms with Gasteiger partial charge in [0.1, 0.15) is 10.7 Å². The highest BCUT2D eigenvalue weighted by Gasteiger charge is 2.18. The Morgan fingerprint density at radius 3 is 2.44 bits per heavy atom. The van der Waals surface area contributed by atoms with Gasteiger partial charge in [0.2, 0.25) is 0 Å². The summed E-state index contributed by atoms with van der Waals surface area (Å²) in [5.74, 6) is -0.797. The zero-order valence-electron chi connectivity index (χ0n) is 9.30. The molecular weight excluding hydrogens is 255 g/mol. The van der Waals surface area contributed by atoms with E-state index in [0.717, 1.165) is 6.07 Å². The minimum Gasteiger partial charge on any atom is -0.399 e. The topological polar surface area (TPSA) is 72.2 Å². The third-order valence-corrected chi connectivity index (χ3v) is 3.68. The maximum Gasteiger partial charge on any atom is 0.264 e. The van der Waals surface area contributed by atoms with Gasteiger partial charge < -0.3 is 5.73 Å². The second kappa shape index (κ2) is 4.66. The molecule has 6 heteroatoms. The molecule has 0 fully saturated rings. The van der Waals surface area contributed by atoms with Crippen LogP contribution in [0.25, 0.3) is 0 Å². The lowest BCUT2D eigenvalue weighted by Gasteiger charge is -2.09. The van der Waals surface area contributed by atoms with Gasteiger partial charge in [0.05, 0.1) is 5.69 Å². The Morgan fingerprint density at radius 2 is 1.78 bits per heavy atom. The molecule has 0 spiro atoms. The SMILES string of the molecule is Nc1cccc(NS(=O)(=O)c2ccccc2F)c1. The van der Waals surface area contributed by atoms with Gasteiger partial charge in [-0.15, -0.1) is 0 Å². The van der Waals surface area contributed by atoms with Gasteiger partial charge in [0.25, 0.3) is 10.0 Å². The van der Waals surface area contributed by atoms with Crippen LogP contribution in [-0.2, 0) is 10.0 Å². The lowest BCUT2D eigenvalue weighted by Crippen LogP contribution is -2.14. The highest BCUT2D eigenvalue weighted by molar-refractivity contribution is 7.92. The number of anilines is 2. The van der Waals surface area contributed by atoms with Crippen molar-refractivity contribution in [2.75, 3.05) is 10.5 Å². The van der Waals surface area contributed by atoms with Crippen molar-refractivity contribution in [3.8, 4) is 0 Å². The van der Waals surface area contributed by atoms with Crippen molar-refractivity contribution in [2.24, 2.45) is 0 Å². The van der Waals surface area contributed by atoms with Crippen molar-refractivity contribution in [2.45, 2.75) is 4.90 Å².